The normalized spacial score (nSPS) is 14.9. The number of nitrogens with zero attached hydrogens (tertiary/aromatic N) is 4. The first-order chi connectivity index (χ1) is 12.8. The molecule has 0 atom stereocenters. The molecule has 2 aromatic heterocycles. The first-order valence-electron chi connectivity index (χ1n) is 9.03. The van der Waals surface area contributed by atoms with E-state index in [1.807, 2.05) is 39.8 Å². The smallest absolute Gasteiger partial charge is 0.264 e. The Bertz CT molecular complexity index is 909. The minimum Gasteiger partial charge on any atom is -0.419 e. The van der Waals surface area contributed by atoms with Gasteiger partial charge < -0.3 is 18.6 Å². The van der Waals surface area contributed by atoms with E-state index in [0.717, 1.165) is 29.4 Å². The number of aryl methyl sites for hydroxylation is 1. The van der Waals surface area contributed by atoms with Crippen LogP contribution in [0.2, 0.25) is 0 Å². The summed E-state index contributed by atoms with van der Waals surface area (Å²) in [7, 11) is 0. The number of rotatable bonds is 5. The Morgan fingerprint density at radius 3 is 2.81 bits per heavy atom. The molecule has 3 aromatic rings. The highest BCUT2D eigenvalue weighted by molar-refractivity contribution is 5.88. The number of benzene rings is 1. The summed E-state index contributed by atoms with van der Waals surface area (Å²) in [6.45, 7) is 4.77. The molecule has 0 N–H and O–H groups in total. The molecular weight excluding hydrogens is 332 g/mol. The average molecular weight is 354 g/mol. The van der Waals surface area contributed by atoms with Crippen LogP contribution in [0, 0.1) is 0 Å². The van der Waals surface area contributed by atoms with E-state index in [1.54, 1.807) is 0 Å². The molecule has 0 saturated carbocycles. The zero-order chi connectivity index (χ0) is 17.9. The molecule has 26 heavy (non-hydrogen) atoms. The van der Waals surface area contributed by atoms with Gasteiger partial charge in [0.05, 0.1) is 13.2 Å². The molecule has 4 rings (SSSR count). The van der Waals surface area contributed by atoms with Crippen LogP contribution in [0.1, 0.15) is 19.2 Å². The molecule has 1 aliphatic rings. The minimum absolute atomic E-state index is 0.0733. The fourth-order valence-electron chi connectivity index (χ4n) is 3.28. The molecule has 0 aliphatic carbocycles. The van der Waals surface area contributed by atoms with Crippen LogP contribution in [0.3, 0.4) is 0 Å². The van der Waals surface area contributed by atoms with Crippen molar-refractivity contribution in [2.24, 2.45) is 0 Å². The van der Waals surface area contributed by atoms with E-state index in [1.165, 1.54) is 0 Å². The van der Waals surface area contributed by atoms with Gasteiger partial charge in [-0.2, -0.15) is 0 Å². The van der Waals surface area contributed by atoms with Gasteiger partial charge in [-0.25, -0.2) is 0 Å². The zero-order valence-corrected chi connectivity index (χ0v) is 14.9. The number of morpholine rings is 1. The van der Waals surface area contributed by atoms with Gasteiger partial charge >= 0.3 is 0 Å². The summed E-state index contributed by atoms with van der Waals surface area (Å²) in [6.07, 6.45) is 1.69. The maximum atomic E-state index is 12.8. The third-order valence-electron chi connectivity index (χ3n) is 4.62. The number of carbonyl (C=O) groups excluding carboxylic acids is 1. The second-order valence-corrected chi connectivity index (χ2v) is 6.42. The van der Waals surface area contributed by atoms with Crippen molar-refractivity contribution < 1.29 is 13.9 Å². The lowest BCUT2D eigenvalue weighted by Crippen LogP contribution is -2.42. The van der Waals surface area contributed by atoms with E-state index >= 15 is 0 Å². The van der Waals surface area contributed by atoms with E-state index in [-0.39, 0.29) is 12.5 Å². The maximum absolute atomic E-state index is 12.8. The van der Waals surface area contributed by atoms with E-state index in [4.69, 9.17) is 9.15 Å². The molecule has 0 bridgehead atoms. The number of carbonyl (C=O) groups is 1. The molecule has 3 heterocycles. The van der Waals surface area contributed by atoms with Crippen molar-refractivity contribution >= 4 is 16.8 Å². The number of ether oxygens (including phenoxy) is 1. The van der Waals surface area contributed by atoms with Crippen molar-refractivity contribution in [2.45, 2.75) is 26.3 Å². The van der Waals surface area contributed by atoms with Crippen LogP contribution in [0.5, 0.6) is 0 Å². The van der Waals surface area contributed by atoms with Gasteiger partial charge in [0.2, 0.25) is 11.8 Å². The summed E-state index contributed by atoms with van der Waals surface area (Å²) in [5.41, 5.74) is 1.77. The maximum Gasteiger partial charge on any atom is 0.264 e. The molecule has 7 nitrogen and oxygen atoms in total. The first kappa shape index (κ1) is 16.8. The Morgan fingerprint density at radius 1 is 1.19 bits per heavy atom. The second kappa shape index (κ2) is 7.29. The van der Waals surface area contributed by atoms with Gasteiger partial charge in [-0.1, -0.05) is 25.1 Å². The third kappa shape index (κ3) is 3.22. The number of fused-ring (bicyclic) bond motifs is 1. The highest BCUT2D eigenvalue weighted by Crippen LogP contribution is 2.28. The summed E-state index contributed by atoms with van der Waals surface area (Å²) < 4.78 is 13.1. The van der Waals surface area contributed by atoms with Crippen molar-refractivity contribution in [2.75, 3.05) is 26.3 Å². The number of hydrogen-bond acceptors (Lipinski definition) is 5. The molecule has 0 radical (unpaired) electrons. The molecular formula is C19H22N4O3. The van der Waals surface area contributed by atoms with Gasteiger partial charge in [-0.3, -0.25) is 4.79 Å². The van der Waals surface area contributed by atoms with Crippen LogP contribution in [0.15, 0.2) is 34.7 Å². The summed E-state index contributed by atoms with van der Waals surface area (Å²) in [5, 5.41) is 9.37. The Balaban J connectivity index is 1.70. The van der Waals surface area contributed by atoms with Crippen LogP contribution in [-0.2, 0) is 22.5 Å². The van der Waals surface area contributed by atoms with Crippen LogP contribution < -0.4 is 0 Å². The molecule has 1 amide bonds. The van der Waals surface area contributed by atoms with E-state index in [0.29, 0.717) is 38.1 Å². The molecule has 7 heteroatoms. The summed E-state index contributed by atoms with van der Waals surface area (Å²) >= 11 is 0. The molecule has 1 fully saturated rings. The summed E-state index contributed by atoms with van der Waals surface area (Å²) in [6, 6.07) is 9.99. The Morgan fingerprint density at radius 2 is 2.00 bits per heavy atom. The molecule has 0 spiro atoms. The minimum atomic E-state index is 0.0733. The highest BCUT2D eigenvalue weighted by atomic mass is 16.5. The fraction of sp³-hybridized carbons (Fsp3) is 0.421. The van der Waals surface area contributed by atoms with Crippen LogP contribution in [0.4, 0.5) is 0 Å². The van der Waals surface area contributed by atoms with Crippen molar-refractivity contribution in [1.82, 2.24) is 19.7 Å². The molecule has 1 aliphatic heterocycles. The zero-order valence-electron chi connectivity index (χ0n) is 14.9. The van der Waals surface area contributed by atoms with Crippen LogP contribution in [-0.4, -0.2) is 51.9 Å². The average Bonchev–Trinajstić information content (AvgIpc) is 3.28. The fourth-order valence-corrected chi connectivity index (χ4v) is 3.28. The van der Waals surface area contributed by atoms with Gasteiger partial charge in [-0.15, -0.1) is 10.2 Å². The van der Waals surface area contributed by atoms with Crippen molar-refractivity contribution in [3.63, 3.8) is 0 Å². The summed E-state index contributed by atoms with van der Waals surface area (Å²) in [4.78, 5) is 14.6. The lowest BCUT2D eigenvalue weighted by molar-refractivity contribution is -0.135. The lowest BCUT2D eigenvalue weighted by atomic mass is 10.2. The Labute approximate surface area is 151 Å². The largest absolute Gasteiger partial charge is 0.419 e. The van der Waals surface area contributed by atoms with Crippen LogP contribution >= 0.6 is 0 Å². The van der Waals surface area contributed by atoms with E-state index in [9.17, 15) is 4.79 Å². The standard InChI is InChI=1S/C19H22N4O3/c1-2-5-17-20-21-19(26-17)16-12-14-6-3-4-7-15(14)23(16)13-18(24)22-8-10-25-11-9-22/h3-4,6-7,12H,2,5,8-11,13H2,1H3. The van der Waals surface area contributed by atoms with E-state index in [2.05, 4.69) is 17.1 Å². The van der Waals surface area contributed by atoms with Gasteiger partial charge in [0.1, 0.15) is 12.2 Å². The monoisotopic (exact) mass is 354 g/mol. The van der Waals surface area contributed by atoms with Gasteiger partial charge in [0.25, 0.3) is 5.89 Å². The summed E-state index contributed by atoms with van der Waals surface area (Å²) in [5.74, 6) is 1.16. The van der Waals surface area contributed by atoms with E-state index < -0.39 is 0 Å². The number of hydrogen-bond donors (Lipinski definition) is 0. The number of para-hydroxylation sites is 1. The lowest BCUT2D eigenvalue weighted by Gasteiger charge is -2.27. The van der Waals surface area contributed by atoms with Gasteiger partial charge in [-0.05, 0) is 18.6 Å². The quantitative estimate of drug-likeness (QED) is 0.704. The van der Waals surface area contributed by atoms with Crippen molar-refractivity contribution in [1.29, 1.82) is 0 Å². The van der Waals surface area contributed by atoms with Crippen molar-refractivity contribution in [3.05, 3.63) is 36.2 Å². The molecule has 0 unspecified atom stereocenters. The highest BCUT2D eigenvalue weighted by Gasteiger charge is 2.22. The van der Waals surface area contributed by atoms with Gasteiger partial charge in [0.15, 0.2) is 0 Å². The van der Waals surface area contributed by atoms with Gasteiger partial charge in [0, 0.05) is 30.4 Å². The second-order valence-electron chi connectivity index (χ2n) is 6.42. The first-order valence-corrected chi connectivity index (χ1v) is 9.03. The molecule has 1 aromatic carbocycles. The number of aromatic nitrogens is 3. The molecule has 136 valence electrons. The van der Waals surface area contributed by atoms with Crippen molar-refractivity contribution in [3.8, 4) is 11.6 Å². The SMILES string of the molecule is CCCc1nnc(-c2cc3ccccc3n2CC(=O)N2CCOCC2)o1. The predicted molar refractivity (Wildman–Crippen MR) is 96.6 cm³/mol. The number of amides is 1. The topological polar surface area (TPSA) is 73.4 Å². The predicted octanol–water partition coefficient (Wildman–Crippen LogP) is 2.50. The Hall–Kier alpha value is -2.67. The Kier molecular flexibility index (Phi) is 4.71. The third-order valence-corrected chi connectivity index (χ3v) is 4.62. The van der Waals surface area contributed by atoms with Crippen LogP contribution in [0.25, 0.3) is 22.5 Å². The molecule has 1 saturated heterocycles.